The van der Waals surface area contributed by atoms with E-state index in [4.69, 9.17) is 0 Å². The van der Waals surface area contributed by atoms with Crippen molar-refractivity contribution in [1.29, 1.82) is 0 Å². The number of alkyl halides is 25. The molecular formula is C12HBr25. The molecule has 224 valence electrons. The molecule has 0 N–H and O–H groups in total. The van der Waals surface area contributed by atoms with E-state index in [0.29, 0.717) is 0 Å². The van der Waals surface area contributed by atoms with Crippen LogP contribution in [0.3, 0.4) is 0 Å². The van der Waals surface area contributed by atoms with Crippen LogP contribution in [0, 0.1) is 0 Å². The van der Waals surface area contributed by atoms with Gasteiger partial charge < -0.3 is 0 Å². The number of halogens is 25. The van der Waals surface area contributed by atoms with Crippen molar-refractivity contribution in [1.82, 2.24) is 0 Å². The van der Waals surface area contributed by atoms with Crippen LogP contribution in [0.2, 0.25) is 0 Å². The Labute approximate surface area is 425 Å². The van der Waals surface area contributed by atoms with Crippen molar-refractivity contribution < 1.29 is 0 Å². The van der Waals surface area contributed by atoms with Crippen LogP contribution in [0.25, 0.3) is 0 Å². The Bertz CT molecular complexity index is 825. The highest BCUT2D eigenvalue weighted by molar-refractivity contribution is 9.42. The van der Waals surface area contributed by atoms with Gasteiger partial charge in [-0.05, 0) is 0 Å². The molecule has 0 aromatic carbocycles. The second kappa shape index (κ2) is 16.2. The SMILES string of the molecule is BrC(Br)C(Br)(Br)C(Br)(Br)C(Br)(Br)C(Br)(Br)C(Br)(Br)C(Br)(Br)C(Br)(Br)C(Br)(Br)C(Br)(Br)C(Br)(Br)C(Br)(Br)Br. The molecule has 0 aromatic heterocycles. The molecule has 25 heteroatoms. The fourth-order valence-corrected chi connectivity index (χ4v) is 25.4. The maximum absolute atomic E-state index is 3.93. The molecule has 0 bridgehead atoms. The van der Waals surface area contributed by atoms with E-state index in [2.05, 4.69) is 398 Å². The molecule has 0 amide bonds. The highest BCUT2D eigenvalue weighted by Gasteiger charge is 2.81. The predicted octanol–water partition coefficient (Wildman–Crippen LogP) is 18.8. The maximum Gasteiger partial charge on any atom is 0.162 e. The first-order valence-corrected chi connectivity index (χ1v) is 27.6. The third-order valence-corrected chi connectivity index (χ3v) is 55.7. The summed E-state index contributed by atoms with van der Waals surface area (Å²) in [5.41, 5.74) is 0. The molecule has 0 aliphatic rings. The van der Waals surface area contributed by atoms with Gasteiger partial charge >= 0.3 is 0 Å². The Kier molecular flexibility index (Phi) is 21.4. The molecule has 0 heterocycles. The van der Waals surface area contributed by atoms with E-state index in [9.17, 15) is 0 Å². The standard InChI is InChI=1S/C12HBr25/c13-1(14)2(15,16)3(17,18)4(19,20)5(21,22)6(23,24)7(25,26)8(27,28)9(29,30)10(31,32)11(33,34)12(35,36)37/h1H. The molecule has 0 fully saturated rings. The quantitative estimate of drug-likeness (QED) is 0.191. The molecule has 0 aromatic rings. The van der Waals surface area contributed by atoms with Crippen molar-refractivity contribution in [3.8, 4) is 0 Å². The van der Waals surface area contributed by atoms with E-state index in [1.165, 1.54) is 0 Å². The van der Waals surface area contributed by atoms with Crippen LogP contribution in [0.15, 0.2) is 0 Å². The van der Waals surface area contributed by atoms with Crippen molar-refractivity contribution >= 4 is 398 Å². The highest BCUT2D eigenvalue weighted by atomic mass is 80.0. The fraction of sp³-hybridized carbons (Fsp3) is 1.00. The van der Waals surface area contributed by atoms with E-state index in [1.807, 2.05) is 0 Å². The smallest absolute Gasteiger partial charge is 0.0739 e. The lowest BCUT2D eigenvalue weighted by atomic mass is 10.0. The van der Waals surface area contributed by atoms with Gasteiger partial charge in [0.1, 0.15) is 32.3 Å². The summed E-state index contributed by atoms with van der Waals surface area (Å²) >= 11 is 95.4. The normalized spacial score (nSPS) is 17.0. The molecular weight excluding hydrogens is 2140 g/mol. The number of hydrogen-bond acceptors (Lipinski definition) is 0. The van der Waals surface area contributed by atoms with Gasteiger partial charge in [-0.1, -0.05) is 398 Å². The van der Waals surface area contributed by atoms with Crippen LogP contribution in [0.4, 0.5) is 0 Å². The van der Waals surface area contributed by atoms with Crippen molar-refractivity contribution in [2.45, 2.75) is 38.2 Å². The topological polar surface area (TPSA) is 0 Å². The first-order chi connectivity index (χ1) is 15.4. The zero-order chi connectivity index (χ0) is 31.1. The Hall–Kier alpha value is 12.0. The minimum Gasteiger partial charge on any atom is -0.0739 e. The van der Waals surface area contributed by atoms with E-state index in [-0.39, 0.29) is 3.74 Å². The fourth-order valence-electron chi connectivity index (χ4n) is 1.90. The summed E-state index contributed by atoms with van der Waals surface area (Å²) in [6.07, 6.45) is 0. The van der Waals surface area contributed by atoms with Crippen molar-refractivity contribution in [3.05, 3.63) is 0 Å². The van der Waals surface area contributed by atoms with Gasteiger partial charge in [0.2, 0.25) is 0 Å². The Morgan fingerprint density at radius 1 is 0.243 bits per heavy atom. The summed E-state index contributed by atoms with van der Waals surface area (Å²) in [6.45, 7) is 0. The first kappa shape index (κ1) is 49.0. The zero-order valence-corrected chi connectivity index (χ0v) is 55.2. The molecule has 0 rings (SSSR count). The van der Waals surface area contributed by atoms with E-state index < -0.39 is 34.5 Å². The summed E-state index contributed by atoms with van der Waals surface area (Å²) in [7, 11) is 0. The highest BCUT2D eigenvalue weighted by Crippen LogP contribution is 2.81. The second-order valence-corrected chi connectivity index (χ2v) is 51.0. The average molecular weight is 2140 g/mol. The summed E-state index contributed by atoms with van der Waals surface area (Å²) in [6, 6.07) is 0. The van der Waals surface area contributed by atoms with Crippen LogP contribution in [0.5, 0.6) is 0 Å². The summed E-state index contributed by atoms with van der Waals surface area (Å²) in [4.78, 5) is 0. The minimum absolute atomic E-state index is 0.246. The Balaban J connectivity index is 7.22. The molecule has 0 unspecified atom stereocenters. The maximum atomic E-state index is 3.93. The van der Waals surface area contributed by atoms with Gasteiger partial charge in [-0.3, -0.25) is 0 Å². The molecule has 0 nitrogen and oxygen atoms in total. The van der Waals surface area contributed by atoms with Gasteiger partial charge in [0.25, 0.3) is 0 Å². The molecule has 0 aliphatic heterocycles. The van der Waals surface area contributed by atoms with E-state index in [0.717, 1.165) is 0 Å². The predicted molar refractivity (Wildman–Crippen MR) is 257 cm³/mol. The number of hydrogen-bond donors (Lipinski definition) is 0. The number of rotatable bonds is 10. The minimum atomic E-state index is -1.15. The molecule has 0 atom stereocenters. The molecule has 0 radical (unpaired) electrons. The van der Waals surface area contributed by atoms with E-state index in [1.54, 1.807) is 0 Å². The first-order valence-electron chi connectivity index (χ1n) is 7.57. The van der Waals surface area contributed by atoms with Crippen molar-refractivity contribution in [2.75, 3.05) is 0 Å². The van der Waals surface area contributed by atoms with Crippen LogP contribution >= 0.6 is 398 Å². The summed E-state index contributed by atoms with van der Waals surface area (Å²) in [5.74, 6) is 0. The Morgan fingerprint density at radius 3 is 0.568 bits per heavy atom. The van der Waals surface area contributed by atoms with Gasteiger partial charge in [-0.2, -0.15) is 0 Å². The molecule has 37 heavy (non-hydrogen) atoms. The van der Waals surface area contributed by atoms with E-state index >= 15 is 0 Å². The lowest BCUT2D eigenvalue weighted by Crippen LogP contribution is -2.71. The van der Waals surface area contributed by atoms with Gasteiger partial charge in [-0.25, -0.2) is 0 Å². The van der Waals surface area contributed by atoms with Crippen LogP contribution in [-0.2, 0) is 0 Å². The van der Waals surface area contributed by atoms with Crippen LogP contribution in [-0.4, -0.2) is 38.2 Å². The zero-order valence-electron chi connectivity index (χ0n) is 15.5. The third-order valence-electron chi connectivity index (χ3n) is 4.20. The molecule has 0 spiro atoms. The van der Waals surface area contributed by atoms with Gasteiger partial charge in [0.05, 0.1) is 3.74 Å². The molecule has 0 saturated heterocycles. The van der Waals surface area contributed by atoms with Crippen molar-refractivity contribution in [2.24, 2.45) is 0 Å². The van der Waals surface area contributed by atoms with Gasteiger partial charge in [-0.15, -0.1) is 0 Å². The van der Waals surface area contributed by atoms with Crippen molar-refractivity contribution in [3.63, 3.8) is 0 Å². The summed E-state index contributed by atoms with van der Waals surface area (Å²) in [5, 5.41) is 0. The van der Waals surface area contributed by atoms with Crippen LogP contribution in [0.1, 0.15) is 0 Å². The monoisotopic (exact) mass is 2120 g/mol. The Morgan fingerprint density at radius 2 is 0.405 bits per heavy atom. The average Bonchev–Trinajstić information content (AvgIpc) is 2.65. The van der Waals surface area contributed by atoms with Crippen LogP contribution < -0.4 is 0 Å². The van der Waals surface area contributed by atoms with Gasteiger partial charge in [0, 0.05) is 0 Å². The molecule has 0 aliphatic carbocycles. The lowest BCUT2D eigenvalue weighted by molar-refractivity contribution is 0.551. The lowest BCUT2D eigenvalue weighted by Gasteiger charge is -2.60. The van der Waals surface area contributed by atoms with Gasteiger partial charge in [0.15, 0.2) is 2.14 Å². The largest absolute Gasteiger partial charge is 0.162 e. The summed E-state index contributed by atoms with van der Waals surface area (Å²) < 4.78 is -11.6. The second-order valence-electron chi connectivity index (χ2n) is 6.59. The third kappa shape index (κ3) is 8.71. The molecule has 0 saturated carbocycles.